The van der Waals surface area contributed by atoms with Gasteiger partial charge < -0.3 is 5.32 Å². The number of anilines is 2. The maximum absolute atomic E-state index is 3.79. The number of aromatic nitrogens is 4. The minimum absolute atomic E-state index is 0.465. The third-order valence-electron chi connectivity index (χ3n) is 1.76. The summed E-state index contributed by atoms with van der Waals surface area (Å²) in [7, 11) is 0. The van der Waals surface area contributed by atoms with Gasteiger partial charge in [-0.3, -0.25) is 0 Å². The Morgan fingerprint density at radius 3 is 2.93 bits per heavy atom. The number of hydrogen-bond donors (Lipinski definition) is 2. The van der Waals surface area contributed by atoms with Gasteiger partial charge in [0.05, 0.1) is 0 Å². The maximum atomic E-state index is 3.79. The van der Waals surface area contributed by atoms with Crippen LogP contribution < -0.4 is 5.32 Å². The van der Waals surface area contributed by atoms with E-state index < -0.39 is 0 Å². The first-order valence-corrected chi connectivity index (χ1v) is 4.81. The average Bonchev–Trinajstić information content (AvgIpc) is 2.64. The molecule has 1 heterocycles. The number of tetrazole rings is 1. The van der Waals surface area contributed by atoms with Crippen molar-refractivity contribution in [2.75, 3.05) is 5.32 Å². The number of H-pyrrole nitrogens is 1. The van der Waals surface area contributed by atoms with Crippen LogP contribution in [-0.2, 0) is 0 Å². The lowest BCUT2D eigenvalue weighted by atomic mass is 10.2. The number of aromatic amines is 1. The Morgan fingerprint density at radius 1 is 1.43 bits per heavy atom. The summed E-state index contributed by atoms with van der Waals surface area (Å²) in [6.07, 6.45) is 0. The monoisotopic (exact) mass is 253 g/mol. The van der Waals surface area contributed by atoms with Crippen molar-refractivity contribution in [2.45, 2.75) is 6.92 Å². The van der Waals surface area contributed by atoms with Gasteiger partial charge in [0, 0.05) is 10.2 Å². The third-order valence-corrected chi connectivity index (χ3v) is 2.65. The van der Waals surface area contributed by atoms with Crippen LogP contribution in [0.2, 0.25) is 0 Å². The molecule has 1 aromatic carbocycles. The summed E-state index contributed by atoms with van der Waals surface area (Å²) in [4.78, 5) is 0. The van der Waals surface area contributed by atoms with Gasteiger partial charge in [0.1, 0.15) is 0 Å². The summed E-state index contributed by atoms with van der Waals surface area (Å²) in [6, 6.07) is 5.91. The van der Waals surface area contributed by atoms with Gasteiger partial charge in [-0.15, -0.1) is 5.10 Å². The Balaban J connectivity index is 2.22. The van der Waals surface area contributed by atoms with Crippen LogP contribution in [0, 0.1) is 6.92 Å². The van der Waals surface area contributed by atoms with E-state index in [1.165, 1.54) is 0 Å². The quantitative estimate of drug-likeness (QED) is 0.860. The number of halogens is 1. The number of nitrogens with zero attached hydrogens (tertiary/aromatic N) is 3. The first kappa shape index (κ1) is 9.14. The molecule has 0 spiro atoms. The molecule has 0 aliphatic carbocycles. The van der Waals surface area contributed by atoms with Crippen molar-refractivity contribution in [2.24, 2.45) is 0 Å². The third kappa shape index (κ3) is 1.90. The van der Waals surface area contributed by atoms with E-state index in [1.54, 1.807) is 0 Å². The Morgan fingerprint density at radius 2 is 2.29 bits per heavy atom. The van der Waals surface area contributed by atoms with Gasteiger partial charge >= 0.3 is 0 Å². The van der Waals surface area contributed by atoms with Crippen LogP contribution in [0.5, 0.6) is 0 Å². The molecule has 1 aromatic heterocycles. The average molecular weight is 254 g/mol. The van der Waals surface area contributed by atoms with Crippen LogP contribution in [0.1, 0.15) is 5.56 Å². The zero-order valence-electron chi connectivity index (χ0n) is 7.45. The van der Waals surface area contributed by atoms with Crippen LogP contribution in [0.4, 0.5) is 11.6 Å². The number of hydrogen-bond acceptors (Lipinski definition) is 4. The molecule has 0 fully saturated rings. The second kappa shape index (κ2) is 3.75. The molecule has 2 rings (SSSR count). The van der Waals surface area contributed by atoms with Gasteiger partial charge in [0.15, 0.2) is 0 Å². The van der Waals surface area contributed by atoms with E-state index in [-0.39, 0.29) is 0 Å². The van der Waals surface area contributed by atoms with Crippen LogP contribution in [0.3, 0.4) is 0 Å². The summed E-state index contributed by atoms with van der Waals surface area (Å²) < 4.78 is 1.08. The first-order valence-electron chi connectivity index (χ1n) is 4.02. The molecule has 0 unspecified atom stereocenters. The van der Waals surface area contributed by atoms with Gasteiger partial charge in [0.2, 0.25) is 0 Å². The minimum atomic E-state index is 0.465. The number of benzene rings is 1. The molecular formula is C8H8BrN5. The Hall–Kier alpha value is -1.43. The lowest BCUT2D eigenvalue weighted by molar-refractivity contribution is 0.881. The highest BCUT2D eigenvalue weighted by atomic mass is 79.9. The summed E-state index contributed by atoms with van der Waals surface area (Å²) in [5.74, 6) is 0.465. The summed E-state index contributed by atoms with van der Waals surface area (Å²) in [5, 5.41) is 16.4. The maximum Gasteiger partial charge on any atom is 0.267 e. The van der Waals surface area contributed by atoms with Crippen LogP contribution in [-0.4, -0.2) is 20.6 Å². The van der Waals surface area contributed by atoms with Crippen LogP contribution in [0.15, 0.2) is 22.7 Å². The molecule has 2 N–H and O–H groups in total. The van der Waals surface area contributed by atoms with E-state index in [2.05, 4.69) is 41.9 Å². The fraction of sp³-hybridized carbons (Fsp3) is 0.125. The number of nitrogens with one attached hydrogen (secondary N) is 2. The predicted molar refractivity (Wildman–Crippen MR) is 56.3 cm³/mol. The summed E-state index contributed by atoms with van der Waals surface area (Å²) in [5.41, 5.74) is 2.09. The molecule has 14 heavy (non-hydrogen) atoms. The van der Waals surface area contributed by atoms with Crippen molar-refractivity contribution in [1.29, 1.82) is 0 Å². The van der Waals surface area contributed by atoms with E-state index >= 15 is 0 Å². The van der Waals surface area contributed by atoms with Crippen molar-refractivity contribution in [3.05, 3.63) is 28.2 Å². The number of rotatable bonds is 2. The first-order chi connectivity index (χ1) is 6.75. The second-order valence-electron chi connectivity index (χ2n) is 2.82. The molecule has 72 valence electrons. The van der Waals surface area contributed by atoms with Gasteiger partial charge in [-0.05, 0) is 35.9 Å². The normalized spacial score (nSPS) is 10.1. The van der Waals surface area contributed by atoms with Crippen molar-refractivity contribution >= 4 is 27.6 Å². The highest BCUT2D eigenvalue weighted by molar-refractivity contribution is 9.10. The fourth-order valence-corrected chi connectivity index (χ4v) is 1.31. The van der Waals surface area contributed by atoms with Crippen molar-refractivity contribution < 1.29 is 0 Å². The highest BCUT2D eigenvalue weighted by Crippen LogP contribution is 2.21. The molecule has 0 atom stereocenters. The van der Waals surface area contributed by atoms with E-state index in [0.717, 1.165) is 15.7 Å². The van der Waals surface area contributed by atoms with Crippen molar-refractivity contribution in [1.82, 2.24) is 20.6 Å². The molecule has 5 nitrogen and oxygen atoms in total. The molecule has 0 amide bonds. The molecule has 0 radical (unpaired) electrons. The van der Waals surface area contributed by atoms with Gasteiger partial charge in [-0.25, -0.2) is 0 Å². The minimum Gasteiger partial charge on any atom is -0.322 e. The second-order valence-corrected chi connectivity index (χ2v) is 3.68. The van der Waals surface area contributed by atoms with E-state index in [0.29, 0.717) is 5.95 Å². The van der Waals surface area contributed by atoms with E-state index in [9.17, 15) is 0 Å². The fourth-order valence-electron chi connectivity index (χ4n) is 1.07. The van der Waals surface area contributed by atoms with Gasteiger partial charge in [-0.2, -0.15) is 5.21 Å². The standard InChI is InChI=1S/C8H8BrN5/c1-5-4-6(2-3-7(5)9)10-8-11-13-14-12-8/h2-4H,1H3,(H2,10,11,12,13,14). The topological polar surface area (TPSA) is 66.5 Å². The van der Waals surface area contributed by atoms with E-state index in [4.69, 9.17) is 0 Å². The molecule has 0 saturated carbocycles. The van der Waals surface area contributed by atoms with E-state index in [1.807, 2.05) is 25.1 Å². The zero-order chi connectivity index (χ0) is 9.97. The van der Waals surface area contributed by atoms with Gasteiger partial charge in [0.25, 0.3) is 5.95 Å². The molecule has 0 saturated heterocycles. The largest absolute Gasteiger partial charge is 0.322 e. The Labute approximate surface area is 89.0 Å². The lowest BCUT2D eigenvalue weighted by Gasteiger charge is -2.03. The van der Waals surface area contributed by atoms with Crippen LogP contribution in [0.25, 0.3) is 0 Å². The lowest BCUT2D eigenvalue weighted by Crippen LogP contribution is -1.93. The smallest absolute Gasteiger partial charge is 0.267 e. The van der Waals surface area contributed by atoms with Crippen LogP contribution >= 0.6 is 15.9 Å². The zero-order valence-corrected chi connectivity index (χ0v) is 9.04. The summed E-state index contributed by atoms with van der Waals surface area (Å²) >= 11 is 3.43. The Bertz CT molecular complexity index is 425. The number of aryl methyl sites for hydroxylation is 1. The molecular weight excluding hydrogens is 246 g/mol. The molecule has 0 bridgehead atoms. The van der Waals surface area contributed by atoms with Crippen molar-refractivity contribution in [3.8, 4) is 0 Å². The molecule has 0 aliphatic rings. The molecule has 6 heteroatoms. The SMILES string of the molecule is Cc1cc(Nc2nn[nH]n2)ccc1Br. The molecule has 2 aromatic rings. The van der Waals surface area contributed by atoms with Crippen molar-refractivity contribution in [3.63, 3.8) is 0 Å². The Kier molecular flexibility index (Phi) is 2.45. The molecule has 0 aliphatic heterocycles. The van der Waals surface area contributed by atoms with Gasteiger partial charge in [-0.1, -0.05) is 21.0 Å². The summed E-state index contributed by atoms with van der Waals surface area (Å²) in [6.45, 7) is 2.02. The highest BCUT2D eigenvalue weighted by Gasteiger charge is 2.00. The predicted octanol–water partition coefficient (Wildman–Crippen LogP) is 2.01.